The first-order valence-electron chi connectivity index (χ1n) is 6.88. The molecule has 1 heterocycles. The zero-order chi connectivity index (χ0) is 16.4. The van der Waals surface area contributed by atoms with E-state index in [1.165, 1.54) is 6.07 Å². The minimum Gasteiger partial charge on any atom is -0.497 e. The van der Waals surface area contributed by atoms with Crippen LogP contribution in [-0.4, -0.2) is 16.9 Å². The molecule has 23 heavy (non-hydrogen) atoms. The topological polar surface area (TPSA) is 27.1 Å². The lowest BCUT2D eigenvalue weighted by Gasteiger charge is -2.07. The van der Waals surface area contributed by atoms with Crippen LogP contribution >= 0.6 is 11.6 Å². The average Bonchev–Trinajstić information content (AvgIpc) is 3.00. The van der Waals surface area contributed by atoms with E-state index in [1.807, 2.05) is 12.1 Å². The van der Waals surface area contributed by atoms with Crippen molar-refractivity contribution in [3.63, 3.8) is 0 Å². The van der Waals surface area contributed by atoms with Gasteiger partial charge in [-0.05, 0) is 42.0 Å². The maximum Gasteiger partial charge on any atom is 0.159 e. The van der Waals surface area contributed by atoms with Gasteiger partial charge in [-0.1, -0.05) is 17.7 Å². The van der Waals surface area contributed by atoms with Gasteiger partial charge in [0.1, 0.15) is 5.75 Å². The number of hydrogen-bond donors (Lipinski definition) is 0. The van der Waals surface area contributed by atoms with Gasteiger partial charge >= 0.3 is 0 Å². The number of rotatable bonds is 4. The molecule has 0 radical (unpaired) electrons. The first-order chi connectivity index (χ1) is 11.1. The van der Waals surface area contributed by atoms with E-state index in [-0.39, 0.29) is 0 Å². The Kier molecular flexibility index (Phi) is 4.30. The number of aromatic nitrogens is 2. The molecule has 3 rings (SSSR count). The standard InChI is InChI=1S/C17H13ClF2N2O/c1-23-13-4-2-12(14(18)9-13)10-22-7-6-17(21-22)11-3-5-15(19)16(20)8-11/h2-9H,10H2,1H3. The molecular weight excluding hydrogens is 322 g/mol. The molecule has 0 aliphatic heterocycles. The van der Waals surface area contributed by atoms with Crippen molar-refractivity contribution in [2.75, 3.05) is 7.11 Å². The molecule has 0 aliphatic carbocycles. The van der Waals surface area contributed by atoms with Crippen LogP contribution in [0.4, 0.5) is 8.78 Å². The Morgan fingerprint density at radius 3 is 2.61 bits per heavy atom. The van der Waals surface area contributed by atoms with Gasteiger partial charge in [-0.15, -0.1) is 0 Å². The molecule has 0 atom stereocenters. The van der Waals surface area contributed by atoms with E-state index < -0.39 is 11.6 Å². The Balaban J connectivity index is 1.83. The van der Waals surface area contributed by atoms with Crippen molar-refractivity contribution < 1.29 is 13.5 Å². The van der Waals surface area contributed by atoms with Gasteiger partial charge in [0.25, 0.3) is 0 Å². The monoisotopic (exact) mass is 334 g/mol. The zero-order valence-corrected chi connectivity index (χ0v) is 13.0. The molecule has 0 N–H and O–H groups in total. The van der Waals surface area contributed by atoms with E-state index >= 15 is 0 Å². The summed E-state index contributed by atoms with van der Waals surface area (Å²) < 4.78 is 33.1. The fourth-order valence-corrected chi connectivity index (χ4v) is 2.45. The molecule has 0 aliphatic rings. The van der Waals surface area contributed by atoms with Crippen molar-refractivity contribution in [1.82, 2.24) is 9.78 Å². The predicted molar refractivity (Wildman–Crippen MR) is 84.7 cm³/mol. The summed E-state index contributed by atoms with van der Waals surface area (Å²) in [6.07, 6.45) is 1.76. The van der Waals surface area contributed by atoms with Crippen LogP contribution in [0.25, 0.3) is 11.3 Å². The lowest BCUT2D eigenvalue weighted by atomic mass is 10.1. The summed E-state index contributed by atoms with van der Waals surface area (Å²) in [5.41, 5.74) is 1.96. The summed E-state index contributed by atoms with van der Waals surface area (Å²) in [6.45, 7) is 0.465. The lowest BCUT2D eigenvalue weighted by molar-refractivity contribution is 0.414. The van der Waals surface area contributed by atoms with Gasteiger partial charge in [-0.3, -0.25) is 4.68 Å². The molecule has 3 nitrogen and oxygen atoms in total. The Morgan fingerprint density at radius 2 is 1.91 bits per heavy atom. The highest BCUT2D eigenvalue weighted by atomic mass is 35.5. The third-order valence-corrected chi connectivity index (χ3v) is 3.80. The SMILES string of the molecule is COc1ccc(Cn2ccc(-c3ccc(F)c(F)c3)n2)c(Cl)c1. The summed E-state index contributed by atoms with van der Waals surface area (Å²) in [7, 11) is 1.58. The van der Waals surface area contributed by atoms with Crippen LogP contribution in [0.2, 0.25) is 5.02 Å². The van der Waals surface area contributed by atoms with E-state index in [9.17, 15) is 8.78 Å². The van der Waals surface area contributed by atoms with Gasteiger partial charge in [-0.25, -0.2) is 8.78 Å². The zero-order valence-electron chi connectivity index (χ0n) is 12.3. The second-order valence-electron chi connectivity index (χ2n) is 4.98. The number of nitrogens with zero attached hydrogens (tertiary/aromatic N) is 2. The van der Waals surface area contributed by atoms with Crippen molar-refractivity contribution in [2.45, 2.75) is 6.54 Å². The number of methoxy groups -OCH3 is 1. The quantitative estimate of drug-likeness (QED) is 0.700. The molecule has 0 spiro atoms. The van der Waals surface area contributed by atoms with Gasteiger partial charge in [0, 0.05) is 16.8 Å². The highest BCUT2D eigenvalue weighted by Crippen LogP contribution is 2.24. The number of ether oxygens (including phenoxy) is 1. The van der Waals surface area contributed by atoms with Crippen LogP contribution in [0, 0.1) is 11.6 Å². The first kappa shape index (κ1) is 15.5. The van der Waals surface area contributed by atoms with Crippen molar-refractivity contribution >= 4 is 11.6 Å². The van der Waals surface area contributed by atoms with Crippen molar-refractivity contribution in [2.24, 2.45) is 0 Å². The van der Waals surface area contributed by atoms with Crippen LogP contribution in [-0.2, 0) is 6.54 Å². The van der Waals surface area contributed by atoms with Gasteiger partial charge in [0.15, 0.2) is 11.6 Å². The lowest BCUT2D eigenvalue weighted by Crippen LogP contribution is -2.01. The number of halogens is 3. The van der Waals surface area contributed by atoms with Crippen LogP contribution in [0.15, 0.2) is 48.7 Å². The Labute approximate surface area is 137 Å². The van der Waals surface area contributed by atoms with Gasteiger partial charge in [0.05, 0.1) is 19.3 Å². The molecule has 0 bridgehead atoms. The van der Waals surface area contributed by atoms with Crippen molar-refractivity contribution in [3.05, 3.63) is 70.9 Å². The van der Waals surface area contributed by atoms with E-state index in [2.05, 4.69) is 5.10 Å². The molecule has 3 aromatic rings. The number of benzene rings is 2. The van der Waals surface area contributed by atoms with Gasteiger partial charge in [0.2, 0.25) is 0 Å². The number of hydrogen-bond acceptors (Lipinski definition) is 2. The third-order valence-electron chi connectivity index (χ3n) is 3.45. The average molecular weight is 335 g/mol. The Bertz CT molecular complexity index is 848. The molecule has 0 unspecified atom stereocenters. The van der Waals surface area contributed by atoms with E-state index in [4.69, 9.17) is 16.3 Å². The maximum atomic E-state index is 13.3. The highest BCUT2D eigenvalue weighted by Gasteiger charge is 2.09. The molecule has 0 saturated heterocycles. The smallest absolute Gasteiger partial charge is 0.159 e. The van der Waals surface area contributed by atoms with Crippen molar-refractivity contribution in [3.8, 4) is 17.0 Å². The summed E-state index contributed by atoms with van der Waals surface area (Å²) in [4.78, 5) is 0. The van der Waals surface area contributed by atoms with E-state index in [1.54, 1.807) is 30.1 Å². The minimum absolute atomic E-state index is 0.465. The maximum absolute atomic E-state index is 13.3. The summed E-state index contributed by atoms with van der Waals surface area (Å²) in [6, 6.07) is 10.9. The normalized spacial score (nSPS) is 10.8. The fourth-order valence-electron chi connectivity index (χ4n) is 2.22. The largest absolute Gasteiger partial charge is 0.497 e. The molecule has 118 valence electrons. The molecule has 6 heteroatoms. The Morgan fingerprint density at radius 1 is 1.09 bits per heavy atom. The molecular formula is C17H13ClF2N2O. The van der Waals surface area contributed by atoms with Crippen molar-refractivity contribution in [1.29, 1.82) is 0 Å². The second kappa shape index (κ2) is 6.38. The molecule has 0 amide bonds. The molecule has 0 fully saturated rings. The van der Waals surface area contributed by atoms with E-state index in [0.717, 1.165) is 17.7 Å². The third kappa shape index (κ3) is 3.35. The van der Waals surface area contributed by atoms with Crippen LogP contribution < -0.4 is 4.74 Å². The second-order valence-corrected chi connectivity index (χ2v) is 5.39. The van der Waals surface area contributed by atoms with Gasteiger partial charge in [-0.2, -0.15) is 5.10 Å². The first-order valence-corrected chi connectivity index (χ1v) is 7.26. The van der Waals surface area contributed by atoms with Crippen LogP contribution in [0.3, 0.4) is 0 Å². The summed E-state index contributed by atoms with van der Waals surface area (Å²) in [5, 5.41) is 4.95. The fraction of sp³-hybridized carbons (Fsp3) is 0.118. The molecule has 2 aromatic carbocycles. The summed E-state index contributed by atoms with van der Waals surface area (Å²) in [5.74, 6) is -1.09. The highest BCUT2D eigenvalue weighted by molar-refractivity contribution is 6.31. The molecule has 1 aromatic heterocycles. The minimum atomic E-state index is -0.893. The molecule has 0 saturated carbocycles. The van der Waals surface area contributed by atoms with Crippen LogP contribution in [0.1, 0.15) is 5.56 Å². The van der Waals surface area contributed by atoms with E-state index in [0.29, 0.717) is 28.6 Å². The predicted octanol–water partition coefficient (Wildman–Crippen LogP) is 4.54. The summed E-state index contributed by atoms with van der Waals surface area (Å²) >= 11 is 6.21. The Hall–Kier alpha value is -2.40. The van der Waals surface area contributed by atoms with Gasteiger partial charge < -0.3 is 4.74 Å². The van der Waals surface area contributed by atoms with Crippen LogP contribution in [0.5, 0.6) is 5.75 Å².